The van der Waals surface area contributed by atoms with Crippen LogP contribution in [0.5, 0.6) is 17.2 Å². The normalized spacial score (nSPS) is 10.1. The lowest BCUT2D eigenvalue weighted by Gasteiger charge is -2.12. The Morgan fingerprint density at radius 2 is 2.00 bits per heavy atom. The van der Waals surface area contributed by atoms with E-state index in [1.54, 1.807) is 36.7 Å². The highest BCUT2D eigenvalue weighted by molar-refractivity contribution is 9.10. The number of nitrogens with zero attached hydrogens (tertiary/aromatic N) is 1. The molecule has 1 aromatic heterocycles. The number of halogens is 1. The van der Waals surface area contributed by atoms with E-state index >= 15 is 0 Å². The van der Waals surface area contributed by atoms with E-state index in [0.717, 1.165) is 4.47 Å². The Morgan fingerprint density at radius 1 is 1.26 bits per heavy atom. The minimum absolute atomic E-state index is 0.115. The van der Waals surface area contributed by atoms with Gasteiger partial charge in [0.25, 0.3) is 0 Å². The van der Waals surface area contributed by atoms with Crippen molar-refractivity contribution in [1.82, 2.24) is 4.98 Å². The van der Waals surface area contributed by atoms with Gasteiger partial charge in [-0.3, -0.25) is 9.78 Å². The largest absolute Gasteiger partial charge is 0.496 e. The molecule has 19 heavy (non-hydrogen) atoms. The molecule has 4 nitrogen and oxygen atoms in total. The summed E-state index contributed by atoms with van der Waals surface area (Å²) in [6.45, 7) is 1.48. The quantitative estimate of drug-likeness (QED) is 0.802. The number of methoxy groups -OCH3 is 1. The first kappa shape index (κ1) is 13.5. The Kier molecular flexibility index (Phi) is 4.16. The summed E-state index contributed by atoms with van der Waals surface area (Å²) in [6.07, 6.45) is 3.23. The van der Waals surface area contributed by atoms with Crippen LogP contribution in [-0.2, 0) is 0 Å². The maximum atomic E-state index is 11.7. The van der Waals surface area contributed by atoms with Gasteiger partial charge in [0, 0.05) is 10.7 Å². The number of pyridine rings is 1. The second-order valence-electron chi connectivity index (χ2n) is 3.83. The van der Waals surface area contributed by atoms with Crippen molar-refractivity contribution in [3.8, 4) is 17.2 Å². The SMILES string of the molecule is COc1cccc(Oc2cncc(Br)c2)c1C(C)=O. The van der Waals surface area contributed by atoms with Gasteiger partial charge in [0.1, 0.15) is 22.8 Å². The van der Waals surface area contributed by atoms with Gasteiger partial charge in [-0.2, -0.15) is 0 Å². The Hall–Kier alpha value is -1.88. The molecular formula is C14H12BrNO3. The van der Waals surface area contributed by atoms with Gasteiger partial charge in [0.05, 0.1) is 13.3 Å². The molecule has 0 radical (unpaired) electrons. The van der Waals surface area contributed by atoms with Gasteiger partial charge in [-0.15, -0.1) is 0 Å². The maximum Gasteiger partial charge on any atom is 0.167 e. The average Bonchev–Trinajstić information content (AvgIpc) is 2.38. The second kappa shape index (κ2) is 5.84. The number of aromatic nitrogens is 1. The molecule has 2 aromatic rings. The zero-order valence-corrected chi connectivity index (χ0v) is 12.1. The summed E-state index contributed by atoms with van der Waals surface area (Å²) >= 11 is 3.32. The Morgan fingerprint density at radius 3 is 2.63 bits per heavy atom. The molecule has 0 fully saturated rings. The lowest BCUT2D eigenvalue weighted by Crippen LogP contribution is -2.01. The van der Waals surface area contributed by atoms with Gasteiger partial charge in [-0.1, -0.05) is 6.07 Å². The first-order chi connectivity index (χ1) is 9.11. The molecule has 0 atom stereocenters. The molecule has 0 aliphatic rings. The molecule has 0 saturated carbocycles. The third-order valence-corrected chi connectivity index (χ3v) is 2.90. The molecule has 98 valence electrons. The molecule has 0 saturated heterocycles. The minimum atomic E-state index is -0.115. The van der Waals surface area contributed by atoms with Crippen molar-refractivity contribution in [2.24, 2.45) is 0 Å². The van der Waals surface area contributed by atoms with Gasteiger partial charge < -0.3 is 9.47 Å². The summed E-state index contributed by atoms with van der Waals surface area (Å²) in [5, 5.41) is 0. The van der Waals surface area contributed by atoms with Crippen LogP contribution in [0.4, 0.5) is 0 Å². The van der Waals surface area contributed by atoms with E-state index in [4.69, 9.17) is 9.47 Å². The fourth-order valence-corrected chi connectivity index (χ4v) is 2.03. The fraction of sp³-hybridized carbons (Fsp3) is 0.143. The molecule has 0 spiro atoms. The van der Waals surface area contributed by atoms with Crippen LogP contribution in [0.2, 0.25) is 0 Å². The highest BCUT2D eigenvalue weighted by Crippen LogP contribution is 2.32. The predicted molar refractivity (Wildman–Crippen MR) is 75.0 cm³/mol. The predicted octanol–water partition coefficient (Wildman–Crippen LogP) is 3.85. The van der Waals surface area contributed by atoms with Crippen molar-refractivity contribution in [3.05, 3.63) is 46.7 Å². The van der Waals surface area contributed by atoms with E-state index in [2.05, 4.69) is 20.9 Å². The molecule has 1 aromatic carbocycles. The number of rotatable bonds is 4. The molecular weight excluding hydrogens is 310 g/mol. The Labute approximate surface area is 119 Å². The number of ether oxygens (including phenoxy) is 2. The van der Waals surface area contributed by atoms with Crippen LogP contribution >= 0.6 is 15.9 Å². The van der Waals surface area contributed by atoms with E-state index in [1.165, 1.54) is 14.0 Å². The highest BCUT2D eigenvalue weighted by Gasteiger charge is 2.15. The Balaban J connectivity index is 2.42. The van der Waals surface area contributed by atoms with Gasteiger partial charge in [0.15, 0.2) is 5.78 Å². The summed E-state index contributed by atoms with van der Waals surface area (Å²) in [4.78, 5) is 15.7. The van der Waals surface area contributed by atoms with Crippen LogP contribution in [0.3, 0.4) is 0 Å². The summed E-state index contributed by atoms with van der Waals surface area (Å²) in [5.41, 5.74) is 0.421. The second-order valence-corrected chi connectivity index (χ2v) is 4.75. The lowest BCUT2D eigenvalue weighted by atomic mass is 10.1. The molecule has 0 unspecified atom stereocenters. The molecule has 0 amide bonds. The van der Waals surface area contributed by atoms with Crippen LogP contribution in [0.1, 0.15) is 17.3 Å². The molecule has 2 rings (SSSR count). The van der Waals surface area contributed by atoms with Crippen LogP contribution in [0.15, 0.2) is 41.1 Å². The van der Waals surface area contributed by atoms with Crippen molar-refractivity contribution >= 4 is 21.7 Å². The number of Topliss-reactive ketones (excluding diaryl/α,β-unsaturated/α-hetero) is 1. The van der Waals surface area contributed by atoms with Gasteiger partial charge >= 0.3 is 0 Å². The summed E-state index contributed by atoms with van der Waals surface area (Å²) in [5.74, 6) is 1.38. The Bertz CT molecular complexity index is 613. The number of hydrogen-bond acceptors (Lipinski definition) is 4. The van der Waals surface area contributed by atoms with Crippen molar-refractivity contribution in [3.63, 3.8) is 0 Å². The number of carbonyl (C=O) groups excluding carboxylic acids is 1. The number of carbonyl (C=O) groups is 1. The van der Waals surface area contributed by atoms with Crippen LogP contribution in [0.25, 0.3) is 0 Å². The smallest absolute Gasteiger partial charge is 0.167 e. The summed E-state index contributed by atoms with van der Waals surface area (Å²) < 4.78 is 11.7. The minimum Gasteiger partial charge on any atom is -0.496 e. The first-order valence-electron chi connectivity index (χ1n) is 5.58. The number of ketones is 1. The monoisotopic (exact) mass is 321 g/mol. The third-order valence-electron chi connectivity index (χ3n) is 2.47. The third kappa shape index (κ3) is 3.12. The molecule has 0 bridgehead atoms. The zero-order chi connectivity index (χ0) is 13.8. The van der Waals surface area contributed by atoms with E-state index in [9.17, 15) is 4.79 Å². The standard InChI is InChI=1S/C14H12BrNO3/c1-9(17)14-12(18-2)4-3-5-13(14)19-11-6-10(15)7-16-8-11/h3-8H,1-2H3. The van der Waals surface area contributed by atoms with E-state index in [1.807, 2.05) is 0 Å². The van der Waals surface area contributed by atoms with Crippen LogP contribution in [-0.4, -0.2) is 17.9 Å². The lowest BCUT2D eigenvalue weighted by molar-refractivity contribution is 0.101. The molecule has 0 aliphatic heterocycles. The van der Waals surface area contributed by atoms with E-state index < -0.39 is 0 Å². The van der Waals surface area contributed by atoms with Crippen molar-refractivity contribution in [2.75, 3.05) is 7.11 Å². The van der Waals surface area contributed by atoms with Gasteiger partial charge in [-0.05, 0) is 41.1 Å². The molecule has 0 N–H and O–H groups in total. The molecule has 1 heterocycles. The van der Waals surface area contributed by atoms with Crippen molar-refractivity contribution in [2.45, 2.75) is 6.92 Å². The number of benzene rings is 1. The molecule has 5 heteroatoms. The summed E-state index contributed by atoms with van der Waals surface area (Å²) in [6, 6.07) is 6.99. The number of hydrogen-bond donors (Lipinski definition) is 0. The topological polar surface area (TPSA) is 48.4 Å². The van der Waals surface area contributed by atoms with Crippen LogP contribution < -0.4 is 9.47 Å². The van der Waals surface area contributed by atoms with Gasteiger partial charge in [-0.25, -0.2) is 0 Å². The van der Waals surface area contributed by atoms with E-state index in [-0.39, 0.29) is 5.78 Å². The van der Waals surface area contributed by atoms with Gasteiger partial charge in [0.2, 0.25) is 0 Å². The van der Waals surface area contributed by atoms with Crippen molar-refractivity contribution in [1.29, 1.82) is 0 Å². The molecule has 0 aliphatic carbocycles. The zero-order valence-electron chi connectivity index (χ0n) is 10.5. The fourth-order valence-electron chi connectivity index (χ4n) is 1.69. The van der Waals surface area contributed by atoms with E-state index in [0.29, 0.717) is 22.8 Å². The summed E-state index contributed by atoms with van der Waals surface area (Å²) in [7, 11) is 1.52. The van der Waals surface area contributed by atoms with Crippen molar-refractivity contribution < 1.29 is 14.3 Å². The first-order valence-corrected chi connectivity index (χ1v) is 6.37. The average molecular weight is 322 g/mol. The highest BCUT2D eigenvalue weighted by atomic mass is 79.9. The maximum absolute atomic E-state index is 11.7. The van der Waals surface area contributed by atoms with Crippen LogP contribution in [0, 0.1) is 0 Å².